The van der Waals surface area contributed by atoms with Crippen LogP contribution >= 0.6 is 15.9 Å². The van der Waals surface area contributed by atoms with E-state index >= 15 is 0 Å². The number of piperazine rings is 1. The Morgan fingerprint density at radius 2 is 1.48 bits per heavy atom. The molecule has 0 aromatic heterocycles. The van der Waals surface area contributed by atoms with Gasteiger partial charge in [0.25, 0.3) is 0 Å². The second-order valence-corrected chi connectivity index (χ2v) is 10.6. The Labute approximate surface area is 191 Å². The number of aryl methyl sites for hydroxylation is 1. The summed E-state index contributed by atoms with van der Waals surface area (Å²) < 4.78 is 42.5. The van der Waals surface area contributed by atoms with E-state index in [-0.39, 0.29) is 10.9 Å². The summed E-state index contributed by atoms with van der Waals surface area (Å²) in [5, 5.41) is 0. The highest BCUT2D eigenvalue weighted by molar-refractivity contribution is 9.10. The summed E-state index contributed by atoms with van der Waals surface area (Å²) in [5.41, 5.74) is 2.76. The average Bonchev–Trinajstić information content (AvgIpc) is 2.78. The SMILES string of the molecule is Cc1ccc(S(=O)(=O)N2CCN([C@@H](c3ccccc3)c3ccc(Br)cc3)CC2)cc1F. The molecule has 1 saturated heterocycles. The van der Waals surface area contributed by atoms with Gasteiger partial charge in [0.1, 0.15) is 5.82 Å². The van der Waals surface area contributed by atoms with Crippen LogP contribution in [-0.2, 0) is 10.0 Å². The number of rotatable bonds is 5. The quantitative estimate of drug-likeness (QED) is 0.493. The monoisotopic (exact) mass is 502 g/mol. The van der Waals surface area contributed by atoms with Gasteiger partial charge in [0, 0.05) is 30.7 Å². The summed E-state index contributed by atoms with van der Waals surface area (Å²) in [7, 11) is -3.72. The molecule has 0 spiro atoms. The molecule has 0 aliphatic carbocycles. The first-order valence-electron chi connectivity index (χ1n) is 10.2. The fourth-order valence-corrected chi connectivity index (χ4v) is 5.68. The number of hydrogen-bond donors (Lipinski definition) is 0. The normalized spacial score (nSPS) is 16.9. The van der Waals surface area contributed by atoms with Crippen molar-refractivity contribution in [2.24, 2.45) is 0 Å². The molecular weight excluding hydrogens is 479 g/mol. The van der Waals surface area contributed by atoms with Crippen molar-refractivity contribution in [3.8, 4) is 0 Å². The third-order valence-corrected chi connectivity index (χ3v) is 8.14. The van der Waals surface area contributed by atoms with Gasteiger partial charge in [0.15, 0.2) is 0 Å². The minimum atomic E-state index is -3.72. The van der Waals surface area contributed by atoms with Crippen LogP contribution in [0.2, 0.25) is 0 Å². The van der Waals surface area contributed by atoms with Crippen molar-refractivity contribution in [2.45, 2.75) is 17.9 Å². The Kier molecular flexibility index (Phi) is 6.57. The number of sulfonamides is 1. The highest BCUT2D eigenvalue weighted by Gasteiger charge is 2.32. The van der Waals surface area contributed by atoms with E-state index in [4.69, 9.17) is 0 Å². The van der Waals surface area contributed by atoms with Crippen molar-refractivity contribution in [3.05, 3.63) is 99.8 Å². The molecule has 0 saturated carbocycles. The number of hydrogen-bond acceptors (Lipinski definition) is 3. The van der Waals surface area contributed by atoms with Gasteiger partial charge < -0.3 is 0 Å². The molecule has 1 aliphatic rings. The highest BCUT2D eigenvalue weighted by Crippen LogP contribution is 2.31. The predicted molar refractivity (Wildman–Crippen MR) is 124 cm³/mol. The Morgan fingerprint density at radius 3 is 2.10 bits per heavy atom. The van der Waals surface area contributed by atoms with E-state index in [2.05, 4.69) is 45.1 Å². The van der Waals surface area contributed by atoms with Gasteiger partial charge in [-0.3, -0.25) is 4.90 Å². The lowest BCUT2D eigenvalue weighted by molar-refractivity contribution is 0.156. The van der Waals surface area contributed by atoms with Gasteiger partial charge in [-0.25, -0.2) is 12.8 Å². The van der Waals surface area contributed by atoms with Crippen LogP contribution in [0.15, 0.2) is 82.2 Å². The second kappa shape index (κ2) is 9.20. The van der Waals surface area contributed by atoms with Crippen LogP contribution in [-0.4, -0.2) is 43.8 Å². The van der Waals surface area contributed by atoms with Crippen molar-refractivity contribution in [2.75, 3.05) is 26.2 Å². The summed E-state index contributed by atoms with van der Waals surface area (Å²) in [6, 6.07) is 22.6. The summed E-state index contributed by atoms with van der Waals surface area (Å²) in [5.74, 6) is -0.501. The van der Waals surface area contributed by atoms with Crippen molar-refractivity contribution < 1.29 is 12.8 Å². The van der Waals surface area contributed by atoms with Crippen LogP contribution in [0.5, 0.6) is 0 Å². The zero-order valence-corrected chi connectivity index (χ0v) is 19.6. The van der Waals surface area contributed by atoms with E-state index in [1.807, 2.05) is 30.3 Å². The van der Waals surface area contributed by atoms with E-state index in [9.17, 15) is 12.8 Å². The van der Waals surface area contributed by atoms with E-state index in [0.717, 1.165) is 16.1 Å². The molecule has 7 heteroatoms. The van der Waals surface area contributed by atoms with Crippen LogP contribution in [0.4, 0.5) is 4.39 Å². The van der Waals surface area contributed by atoms with Gasteiger partial charge in [-0.2, -0.15) is 4.31 Å². The largest absolute Gasteiger partial charge is 0.290 e. The molecule has 0 bridgehead atoms. The first kappa shape index (κ1) is 22.1. The van der Waals surface area contributed by atoms with Gasteiger partial charge >= 0.3 is 0 Å². The molecule has 1 aliphatic heterocycles. The molecule has 0 unspecified atom stereocenters. The molecule has 3 aromatic rings. The van der Waals surface area contributed by atoms with E-state index in [1.165, 1.54) is 22.0 Å². The zero-order chi connectivity index (χ0) is 22.0. The maximum absolute atomic E-state index is 14.0. The molecule has 1 fully saturated rings. The lowest BCUT2D eigenvalue weighted by atomic mass is 9.96. The maximum Gasteiger partial charge on any atom is 0.243 e. The van der Waals surface area contributed by atoms with Gasteiger partial charge in [-0.1, -0.05) is 64.5 Å². The third kappa shape index (κ3) is 4.75. The van der Waals surface area contributed by atoms with Crippen molar-refractivity contribution >= 4 is 26.0 Å². The highest BCUT2D eigenvalue weighted by atomic mass is 79.9. The van der Waals surface area contributed by atoms with Crippen molar-refractivity contribution in [3.63, 3.8) is 0 Å². The van der Waals surface area contributed by atoms with E-state index in [1.54, 1.807) is 6.92 Å². The standard InChI is InChI=1S/C24H24BrFN2O2S/c1-18-7-12-22(17-23(18)26)31(29,30)28-15-13-27(14-16-28)24(19-5-3-2-4-6-19)20-8-10-21(25)11-9-20/h2-12,17,24H,13-16H2,1H3/t24-/m0/s1. The molecule has 1 heterocycles. The van der Waals surface area contributed by atoms with Gasteiger partial charge in [0.05, 0.1) is 10.9 Å². The van der Waals surface area contributed by atoms with Crippen LogP contribution in [0, 0.1) is 12.7 Å². The smallest absolute Gasteiger partial charge is 0.243 e. The van der Waals surface area contributed by atoms with E-state index in [0.29, 0.717) is 31.7 Å². The number of nitrogens with zero attached hydrogens (tertiary/aromatic N) is 2. The molecule has 31 heavy (non-hydrogen) atoms. The second-order valence-electron chi connectivity index (χ2n) is 7.72. The number of halogens is 2. The molecule has 0 amide bonds. The van der Waals surface area contributed by atoms with Crippen LogP contribution in [0.3, 0.4) is 0 Å². The Bertz CT molecular complexity index is 1150. The fourth-order valence-electron chi connectivity index (χ4n) is 3.98. The van der Waals surface area contributed by atoms with Gasteiger partial charge in [-0.05, 0) is 47.9 Å². The lowest BCUT2D eigenvalue weighted by Crippen LogP contribution is -2.49. The Hall–Kier alpha value is -2.06. The molecule has 4 nitrogen and oxygen atoms in total. The molecule has 0 N–H and O–H groups in total. The number of benzene rings is 3. The Morgan fingerprint density at radius 1 is 0.871 bits per heavy atom. The van der Waals surface area contributed by atoms with Gasteiger partial charge in [0.2, 0.25) is 10.0 Å². The van der Waals surface area contributed by atoms with Crippen molar-refractivity contribution in [1.82, 2.24) is 9.21 Å². The first-order chi connectivity index (χ1) is 14.9. The van der Waals surface area contributed by atoms with Crippen LogP contribution in [0.25, 0.3) is 0 Å². The van der Waals surface area contributed by atoms with Gasteiger partial charge in [-0.15, -0.1) is 0 Å². The minimum absolute atomic E-state index is 0.0107. The fraction of sp³-hybridized carbons (Fsp3) is 0.250. The van der Waals surface area contributed by atoms with E-state index < -0.39 is 15.8 Å². The zero-order valence-electron chi connectivity index (χ0n) is 17.2. The van der Waals surface area contributed by atoms with Crippen LogP contribution < -0.4 is 0 Å². The Balaban J connectivity index is 1.56. The summed E-state index contributed by atoms with van der Waals surface area (Å²) in [4.78, 5) is 2.32. The maximum atomic E-state index is 14.0. The predicted octanol–water partition coefficient (Wildman–Crippen LogP) is 4.99. The molecule has 0 radical (unpaired) electrons. The summed E-state index contributed by atoms with van der Waals surface area (Å²) in [6.45, 7) is 3.51. The van der Waals surface area contributed by atoms with Crippen LogP contribution in [0.1, 0.15) is 22.7 Å². The molecule has 4 rings (SSSR count). The topological polar surface area (TPSA) is 40.6 Å². The minimum Gasteiger partial charge on any atom is -0.290 e. The average molecular weight is 503 g/mol. The lowest BCUT2D eigenvalue weighted by Gasteiger charge is -2.39. The molecule has 3 aromatic carbocycles. The first-order valence-corrected chi connectivity index (χ1v) is 12.4. The third-order valence-electron chi connectivity index (χ3n) is 5.72. The molecule has 162 valence electrons. The van der Waals surface area contributed by atoms with Crippen molar-refractivity contribution in [1.29, 1.82) is 0 Å². The molecular formula is C24H24BrFN2O2S. The summed E-state index contributed by atoms with van der Waals surface area (Å²) >= 11 is 3.49. The molecule has 1 atom stereocenters. The summed E-state index contributed by atoms with van der Waals surface area (Å²) in [6.07, 6.45) is 0.